The van der Waals surface area contributed by atoms with Crippen LogP contribution < -0.4 is 14.8 Å². The first-order valence-corrected chi connectivity index (χ1v) is 7.56. The summed E-state index contributed by atoms with van der Waals surface area (Å²) in [6, 6.07) is 11.3. The SMILES string of the molecule is COc1ccc(C(=O)N[C@@H](C)c2cccc(O)c2)cc1OCCO. The van der Waals surface area contributed by atoms with Crippen LogP contribution in [0.15, 0.2) is 42.5 Å². The van der Waals surface area contributed by atoms with E-state index in [4.69, 9.17) is 14.6 Å². The topological polar surface area (TPSA) is 88.0 Å². The number of benzene rings is 2. The van der Waals surface area contributed by atoms with Crippen molar-refractivity contribution >= 4 is 5.91 Å². The predicted octanol–water partition coefficient (Wildman–Crippen LogP) is 2.26. The smallest absolute Gasteiger partial charge is 0.251 e. The van der Waals surface area contributed by atoms with Gasteiger partial charge in [-0.2, -0.15) is 0 Å². The van der Waals surface area contributed by atoms with E-state index < -0.39 is 0 Å². The van der Waals surface area contributed by atoms with Gasteiger partial charge in [0.15, 0.2) is 11.5 Å². The third-order valence-electron chi connectivity index (χ3n) is 3.49. The van der Waals surface area contributed by atoms with Gasteiger partial charge in [-0.25, -0.2) is 0 Å². The second-order valence-corrected chi connectivity index (χ2v) is 5.23. The maximum atomic E-state index is 12.4. The molecule has 1 atom stereocenters. The van der Waals surface area contributed by atoms with Crippen LogP contribution in [-0.2, 0) is 0 Å². The first kappa shape index (κ1) is 17.6. The van der Waals surface area contributed by atoms with Crippen molar-refractivity contribution in [3.63, 3.8) is 0 Å². The predicted molar refractivity (Wildman–Crippen MR) is 89.6 cm³/mol. The maximum absolute atomic E-state index is 12.4. The number of hydrogen-bond donors (Lipinski definition) is 3. The Hall–Kier alpha value is -2.73. The van der Waals surface area contributed by atoms with E-state index in [1.54, 1.807) is 36.4 Å². The highest BCUT2D eigenvalue weighted by Gasteiger charge is 2.14. The van der Waals surface area contributed by atoms with Crippen molar-refractivity contribution in [2.75, 3.05) is 20.3 Å². The summed E-state index contributed by atoms with van der Waals surface area (Å²) in [6.07, 6.45) is 0. The molecule has 0 unspecified atom stereocenters. The van der Waals surface area contributed by atoms with Gasteiger partial charge in [0.05, 0.1) is 19.8 Å². The van der Waals surface area contributed by atoms with E-state index in [0.29, 0.717) is 17.1 Å². The van der Waals surface area contributed by atoms with E-state index in [0.717, 1.165) is 5.56 Å². The van der Waals surface area contributed by atoms with Crippen molar-refractivity contribution in [2.24, 2.45) is 0 Å². The Morgan fingerprint density at radius 2 is 2.00 bits per heavy atom. The molecule has 128 valence electrons. The first-order valence-electron chi connectivity index (χ1n) is 7.56. The number of amides is 1. The molecule has 2 aromatic rings. The zero-order valence-electron chi connectivity index (χ0n) is 13.7. The Labute approximate surface area is 140 Å². The maximum Gasteiger partial charge on any atom is 0.251 e. The summed E-state index contributed by atoms with van der Waals surface area (Å²) in [4.78, 5) is 12.4. The van der Waals surface area contributed by atoms with Crippen LogP contribution in [0.25, 0.3) is 0 Å². The van der Waals surface area contributed by atoms with Gasteiger partial charge in [0.2, 0.25) is 0 Å². The van der Waals surface area contributed by atoms with Crippen molar-refractivity contribution in [3.8, 4) is 17.2 Å². The number of hydrogen-bond acceptors (Lipinski definition) is 5. The minimum absolute atomic E-state index is 0.112. The van der Waals surface area contributed by atoms with E-state index >= 15 is 0 Å². The summed E-state index contributed by atoms with van der Waals surface area (Å²) >= 11 is 0. The molecule has 2 rings (SSSR count). The van der Waals surface area contributed by atoms with Crippen LogP contribution in [0.5, 0.6) is 17.2 Å². The van der Waals surface area contributed by atoms with Gasteiger partial charge < -0.3 is 25.0 Å². The third-order valence-corrected chi connectivity index (χ3v) is 3.49. The molecule has 0 aliphatic rings. The molecule has 1 amide bonds. The van der Waals surface area contributed by atoms with Crippen LogP contribution in [-0.4, -0.2) is 36.4 Å². The van der Waals surface area contributed by atoms with Crippen LogP contribution >= 0.6 is 0 Å². The molecule has 0 aliphatic heterocycles. The Morgan fingerprint density at radius 3 is 2.67 bits per heavy atom. The third kappa shape index (κ3) is 4.39. The Bertz CT molecular complexity index is 702. The Kier molecular flexibility index (Phi) is 6.03. The first-order chi connectivity index (χ1) is 11.5. The number of phenolic OH excluding ortho intramolecular Hbond substituents is 1. The number of aliphatic hydroxyl groups is 1. The molecule has 0 heterocycles. The molecular formula is C18H21NO5. The van der Waals surface area contributed by atoms with Crippen molar-refractivity contribution in [1.29, 1.82) is 0 Å². The lowest BCUT2D eigenvalue weighted by molar-refractivity contribution is 0.0939. The molecule has 0 spiro atoms. The van der Waals surface area contributed by atoms with Crippen LogP contribution in [0, 0.1) is 0 Å². The molecule has 0 aromatic heterocycles. The molecule has 2 aromatic carbocycles. The standard InChI is InChI=1S/C18H21NO5/c1-12(13-4-3-5-15(21)10-13)19-18(22)14-6-7-16(23-2)17(11-14)24-9-8-20/h3-7,10-12,20-21H,8-9H2,1-2H3,(H,19,22)/t12-/m0/s1. The van der Waals surface area contributed by atoms with Crippen LogP contribution in [0.1, 0.15) is 28.9 Å². The summed E-state index contributed by atoms with van der Waals surface area (Å²) in [5.74, 6) is 0.755. The van der Waals surface area contributed by atoms with Crippen molar-refractivity contribution in [3.05, 3.63) is 53.6 Å². The Morgan fingerprint density at radius 1 is 1.21 bits per heavy atom. The number of ether oxygens (including phenoxy) is 2. The van der Waals surface area contributed by atoms with E-state index in [1.807, 2.05) is 13.0 Å². The second-order valence-electron chi connectivity index (χ2n) is 5.23. The van der Waals surface area contributed by atoms with Crippen molar-refractivity contribution < 1.29 is 24.5 Å². The van der Waals surface area contributed by atoms with E-state index in [9.17, 15) is 9.90 Å². The largest absolute Gasteiger partial charge is 0.508 e. The highest BCUT2D eigenvalue weighted by atomic mass is 16.5. The van der Waals surface area contributed by atoms with Gasteiger partial charge >= 0.3 is 0 Å². The van der Waals surface area contributed by atoms with Gasteiger partial charge in [0, 0.05) is 5.56 Å². The Balaban J connectivity index is 2.14. The number of aromatic hydroxyl groups is 1. The van der Waals surface area contributed by atoms with Crippen molar-refractivity contribution in [1.82, 2.24) is 5.32 Å². The summed E-state index contributed by atoms with van der Waals surface area (Å²) in [7, 11) is 1.50. The number of methoxy groups -OCH3 is 1. The van der Waals surface area contributed by atoms with Gasteiger partial charge in [0.25, 0.3) is 5.91 Å². The van der Waals surface area contributed by atoms with Gasteiger partial charge in [-0.15, -0.1) is 0 Å². The van der Waals surface area contributed by atoms with E-state index in [-0.39, 0.29) is 30.9 Å². The van der Waals surface area contributed by atoms with Gasteiger partial charge in [-0.05, 0) is 42.8 Å². The average molecular weight is 331 g/mol. The minimum Gasteiger partial charge on any atom is -0.508 e. The normalized spacial score (nSPS) is 11.6. The number of rotatable bonds is 7. The number of phenols is 1. The minimum atomic E-state index is -0.276. The lowest BCUT2D eigenvalue weighted by Gasteiger charge is -2.16. The zero-order chi connectivity index (χ0) is 17.5. The van der Waals surface area contributed by atoms with Crippen molar-refractivity contribution in [2.45, 2.75) is 13.0 Å². The fourth-order valence-corrected chi connectivity index (χ4v) is 2.24. The molecule has 6 heteroatoms. The highest BCUT2D eigenvalue weighted by molar-refractivity contribution is 5.95. The summed E-state index contributed by atoms with van der Waals surface area (Å²) in [6.45, 7) is 1.81. The molecule has 24 heavy (non-hydrogen) atoms. The molecule has 0 aliphatic carbocycles. The van der Waals surface area contributed by atoms with Crippen LogP contribution in [0.2, 0.25) is 0 Å². The molecule has 0 bridgehead atoms. The highest BCUT2D eigenvalue weighted by Crippen LogP contribution is 2.28. The van der Waals surface area contributed by atoms with E-state index in [1.165, 1.54) is 7.11 Å². The van der Waals surface area contributed by atoms with E-state index in [2.05, 4.69) is 5.32 Å². The zero-order valence-corrected chi connectivity index (χ0v) is 13.7. The second kappa shape index (κ2) is 8.21. The molecule has 3 N–H and O–H groups in total. The fourth-order valence-electron chi connectivity index (χ4n) is 2.24. The number of carbonyl (C=O) groups is 1. The summed E-state index contributed by atoms with van der Waals surface area (Å²) < 4.78 is 10.6. The number of aliphatic hydroxyl groups excluding tert-OH is 1. The molecular weight excluding hydrogens is 310 g/mol. The summed E-state index contributed by atoms with van der Waals surface area (Å²) in [5.41, 5.74) is 1.21. The van der Waals surface area contributed by atoms with Crippen LogP contribution in [0.4, 0.5) is 0 Å². The monoisotopic (exact) mass is 331 g/mol. The molecule has 0 radical (unpaired) electrons. The number of carbonyl (C=O) groups excluding carboxylic acids is 1. The molecule has 6 nitrogen and oxygen atoms in total. The van der Waals surface area contributed by atoms with Gasteiger partial charge in [-0.3, -0.25) is 4.79 Å². The average Bonchev–Trinajstić information content (AvgIpc) is 2.59. The van der Waals surface area contributed by atoms with Gasteiger partial charge in [-0.1, -0.05) is 12.1 Å². The molecule has 0 saturated heterocycles. The molecule has 0 fully saturated rings. The van der Waals surface area contributed by atoms with Gasteiger partial charge in [0.1, 0.15) is 12.4 Å². The quantitative estimate of drug-likeness (QED) is 0.724. The number of nitrogens with one attached hydrogen (secondary N) is 1. The fraction of sp³-hybridized carbons (Fsp3) is 0.278. The van der Waals surface area contributed by atoms with Crippen LogP contribution in [0.3, 0.4) is 0 Å². The lowest BCUT2D eigenvalue weighted by atomic mass is 10.1. The lowest BCUT2D eigenvalue weighted by Crippen LogP contribution is -2.26. The summed E-state index contributed by atoms with van der Waals surface area (Å²) in [5, 5.41) is 21.3. The molecule has 0 saturated carbocycles.